The summed E-state index contributed by atoms with van der Waals surface area (Å²) < 4.78 is 11.1. The lowest BCUT2D eigenvalue weighted by atomic mass is 10.2. The first-order chi connectivity index (χ1) is 14.9. The van der Waals surface area contributed by atoms with Crippen LogP contribution < -0.4 is 5.56 Å². The number of aromatic nitrogens is 2. The van der Waals surface area contributed by atoms with E-state index in [2.05, 4.69) is 9.97 Å². The standard InChI is InChI=1S/C21H16Cl2N2O4S2/c1-10-15-19(26)24-18(25-20(15)31-17(10)21(27)29-8-7-28-2)12(22)9-14-16(23)11-5-3-4-6-13(11)30-14/h3-6,9H,7-8H2,1-2H3,(H,24,25,26). The number of aryl methyl sites for hydroxylation is 1. The fourth-order valence-electron chi connectivity index (χ4n) is 3.04. The number of hydrogen-bond acceptors (Lipinski definition) is 7. The van der Waals surface area contributed by atoms with Crippen molar-refractivity contribution < 1.29 is 14.3 Å². The summed E-state index contributed by atoms with van der Waals surface area (Å²) in [4.78, 5) is 33.7. The van der Waals surface area contributed by atoms with Gasteiger partial charge in [-0.3, -0.25) is 4.79 Å². The van der Waals surface area contributed by atoms with Gasteiger partial charge >= 0.3 is 5.97 Å². The highest BCUT2D eigenvalue weighted by molar-refractivity contribution is 7.21. The number of H-pyrrole nitrogens is 1. The molecule has 0 saturated heterocycles. The van der Waals surface area contributed by atoms with Crippen LogP contribution in [0.25, 0.3) is 31.4 Å². The normalized spacial score (nSPS) is 12.1. The van der Waals surface area contributed by atoms with E-state index in [1.807, 2.05) is 24.3 Å². The molecule has 3 heterocycles. The van der Waals surface area contributed by atoms with E-state index in [1.165, 1.54) is 18.4 Å². The van der Waals surface area contributed by atoms with Gasteiger partial charge in [0.25, 0.3) is 5.56 Å². The monoisotopic (exact) mass is 494 g/mol. The van der Waals surface area contributed by atoms with Crippen molar-refractivity contribution in [2.75, 3.05) is 20.3 Å². The molecule has 4 rings (SSSR count). The van der Waals surface area contributed by atoms with Crippen molar-refractivity contribution in [2.45, 2.75) is 6.92 Å². The molecule has 0 amide bonds. The van der Waals surface area contributed by atoms with Gasteiger partial charge in [0.15, 0.2) is 5.82 Å². The Morgan fingerprint density at radius 3 is 2.77 bits per heavy atom. The minimum atomic E-state index is -0.516. The number of benzene rings is 1. The third-order valence-electron chi connectivity index (χ3n) is 4.55. The summed E-state index contributed by atoms with van der Waals surface area (Å²) in [5.41, 5.74) is 0.147. The van der Waals surface area contributed by atoms with Crippen LogP contribution in [-0.2, 0) is 9.47 Å². The van der Waals surface area contributed by atoms with E-state index in [4.69, 9.17) is 32.7 Å². The van der Waals surface area contributed by atoms with Gasteiger partial charge in [-0.1, -0.05) is 41.4 Å². The van der Waals surface area contributed by atoms with E-state index in [0.29, 0.717) is 32.3 Å². The van der Waals surface area contributed by atoms with Crippen LogP contribution in [0.5, 0.6) is 0 Å². The smallest absolute Gasteiger partial charge is 0.348 e. The first kappa shape index (κ1) is 22.0. The molecule has 1 N–H and O–H groups in total. The fraction of sp³-hybridized carbons (Fsp3) is 0.190. The Kier molecular flexibility index (Phi) is 6.45. The molecule has 1 aromatic carbocycles. The van der Waals surface area contributed by atoms with E-state index < -0.39 is 5.97 Å². The molecule has 3 aromatic heterocycles. The molecule has 0 saturated carbocycles. The molecule has 31 heavy (non-hydrogen) atoms. The molecule has 0 radical (unpaired) electrons. The van der Waals surface area contributed by atoms with Crippen molar-refractivity contribution in [3.63, 3.8) is 0 Å². The number of thiophene rings is 2. The number of halogens is 2. The van der Waals surface area contributed by atoms with Crippen molar-refractivity contribution in [3.8, 4) is 0 Å². The Hall–Kier alpha value is -2.23. The van der Waals surface area contributed by atoms with Crippen molar-refractivity contribution >= 4 is 83.3 Å². The van der Waals surface area contributed by atoms with E-state index in [-0.39, 0.29) is 23.0 Å². The van der Waals surface area contributed by atoms with Crippen molar-refractivity contribution in [3.05, 3.63) is 60.8 Å². The number of hydrogen-bond donors (Lipinski definition) is 1. The molecule has 10 heteroatoms. The van der Waals surface area contributed by atoms with Gasteiger partial charge in [0, 0.05) is 22.1 Å². The molecular formula is C21H16Cl2N2O4S2. The topological polar surface area (TPSA) is 81.3 Å². The third kappa shape index (κ3) is 4.26. The lowest BCUT2D eigenvalue weighted by Crippen LogP contribution is -2.11. The first-order valence-corrected chi connectivity index (χ1v) is 11.5. The number of methoxy groups -OCH3 is 1. The lowest BCUT2D eigenvalue weighted by molar-refractivity contribution is 0.0393. The number of carbonyl (C=O) groups is 1. The zero-order valence-electron chi connectivity index (χ0n) is 16.5. The summed E-state index contributed by atoms with van der Waals surface area (Å²) in [5, 5.41) is 2.11. The summed E-state index contributed by atoms with van der Waals surface area (Å²) in [6.45, 7) is 2.11. The second-order valence-corrected chi connectivity index (χ2v) is 9.42. The van der Waals surface area contributed by atoms with Crippen LogP contribution in [0.3, 0.4) is 0 Å². The SMILES string of the molecule is COCCOC(=O)c1sc2nc(C(Cl)=Cc3sc4ccccc4c3Cl)[nH]c(=O)c2c1C. The third-order valence-corrected chi connectivity index (χ3v) is 7.64. The van der Waals surface area contributed by atoms with Gasteiger partial charge in [-0.05, 0) is 24.6 Å². The highest BCUT2D eigenvalue weighted by atomic mass is 35.5. The maximum Gasteiger partial charge on any atom is 0.348 e. The molecule has 4 aromatic rings. The van der Waals surface area contributed by atoms with Crippen LogP contribution in [-0.4, -0.2) is 36.3 Å². The number of esters is 1. The summed E-state index contributed by atoms with van der Waals surface area (Å²) in [6, 6.07) is 7.77. The van der Waals surface area contributed by atoms with Gasteiger partial charge in [-0.25, -0.2) is 9.78 Å². The molecular weight excluding hydrogens is 479 g/mol. The fourth-order valence-corrected chi connectivity index (χ4v) is 5.81. The minimum Gasteiger partial charge on any atom is -0.459 e. The van der Waals surface area contributed by atoms with E-state index in [1.54, 1.807) is 13.0 Å². The van der Waals surface area contributed by atoms with Gasteiger partial charge in [0.2, 0.25) is 0 Å². The maximum atomic E-state index is 12.7. The van der Waals surface area contributed by atoms with Crippen molar-refractivity contribution in [2.24, 2.45) is 0 Å². The Morgan fingerprint density at radius 1 is 1.26 bits per heavy atom. The van der Waals surface area contributed by atoms with Gasteiger partial charge in [0.05, 0.1) is 22.0 Å². The van der Waals surface area contributed by atoms with Crippen molar-refractivity contribution in [1.29, 1.82) is 0 Å². The average Bonchev–Trinajstić information content (AvgIpc) is 3.25. The van der Waals surface area contributed by atoms with Crippen LogP contribution in [0.15, 0.2) is 29.1 Å². The number of carbonyl (C=O) groups excluding carboxylic acids is 1. The maximum absolute atomic E-state index is 12.7. The molecule has 160 valence electrons. The molecule has 0 unspecified atom stereocenters. The Morgan fingerprint density at radius 2 is 2.03 bits per heavy atom. The second kappa shape index (κ2) is 9.10. The van der Waals surface area contributed by atoms with Gasteiger partial charge in [-0.15, -0.1) is 22.7 Å². The molecule has 0 bridgehead atoms. The number of ether oxygens (including phenoxy) is 2. The molecule has 0 fully saturated rings. The average molecular weight is 495 g/mol. The molecule has 0 atom stereocenters. The van der Waals surface area contributed by atoms with E-state index in [0.717, 1.165) is 26.3 Å². The van der Waals surface area contributed by atoms with E-state index >= 15 is 0 Å². The zero-order valence-corrected chi connectivity index (χ0v) is 19.6. The van der Waals surface area contributed by atoms with Crippen LogP contribution in [0.1, 0.15) is 25.9 Å². The first-order valence-electron chi connectivity index (χ1n) is 9.14. The molecule has 6 nitrogen and oxygen atoms in total. The Balaban J connectivity index is 1.72. The number of nitrogens with zero attached hydrogens (tertiary/aromatic N) is 1. The lowest BCUT2D eigenvalue weighted by Gasteiger charge is -2.02. The summed E-state index contributed by atoms with van der Waals surface area (Å²) in [5.74, 6) is -0.314. The van der Waals surface area contributed by atoms with Gasteiger partial charge in [0.1, 0.15) is 16.3 Å². The molecule has 0 aliphatic heterocycles. The summed E-state index contributed by atoms with van der Waals surface area (Å²) in [7, 11) is 1.52. The highest BCUT2D eigenvalue weighted by Crippen LogP contribution is 2.38. The van der Waals surface area contributed by atoms with E-state index in [9.17, 15) is 9.59 Å². The quantitative estimate of drug-likeness (QED) is 0.274. The summed E-state index contributed by atoms with van der Waals surface area (Å²) in [6.07, 6.45) is 1.68. The minimum absolute atomic E-state index is 0.128. The predicted molar refractivity (Wildman–Crippen MR) is 128 cm³/mol. The van der Waals surface area contributed by atoms with Crippen LogP contribution in [0, 0.1) is 6.92 Å². The Labute approximate surface area is 195 Å². The van der Waals surface area contributed by atoms with Gasteiger partial charge in [-0.2, -0.15) is 0 Å². The highest BCUT2D eigenvalue weighted by Gasteiger charge is 2.21. The number of fused-ring (bicyclic) bond motifs is 2. The van der Waals surface area contributed by atoms with Gasteiger partial charge < -0.3 is 14.5 Å². The van der Waals surface area contributed by atoms with Crippen LogP contribution >= 0.6 is 45.9 Å². The van der Waals surface area contributed by atoms with Crippen molar-refractivity contribution in [1.82, 2.24) is 9.97 Å². The largest absolute Gasteiger partial charge is 0.459 e. The van der Waals surface area contributed by atoms with Crippen LogP contribution in [0.2, 0.25) is 5.02 Å². The molecule has 0 aliphatic carbocycles. The molecule has 0 aliphatic rings. The number of aromatic amines is 1. The number of rotatable bonds is 6. The molecule has 0 spiro atoms. The van der Waals surface area contributed by atoms with Crippen LogP contribution in [0.4, 0.5) is 0 Å². The predicted octanol–water partition coefficient (Wildman–Crippen LogP) is 5.70. The second-order valence-electron chi connectivity index (χ2n) is 6.55. The summed E-state index contributed by atoms with van der Waals surface area (Å²) >= 11 is 15.6. The Bertz CT molecular complexity index is 1390. The zero-order chi connectivity index (χ0) is 22.1. The number of nitrogens with one attached hydrogen (secondary N) is 1.